The Morgan fingerprint density at radius 1 is 1.33 bits per heavy atom. The molecule has 0 atom stereocenters. The summed E-state index contributed by atoms with van der Waals surface area (Å²) in [5, 5.41) is 6.88. The van der Waals surface area contributed by atoms with Crippen molar-refractivity contribution in [2.24, 2.45) is 0 Å². The summed E-state index contributed by atoms with van der Waals surface area (Å²) >= 11 is 1.76. The van der Waals surface area contributed by atoms with Gasteiger partial charge in [0, 0.05) is 23.5 Å². The number of aryl methyl sites for hydroxylation is 2. The molecular formula is C15H18N2S. The van der Waals surface area contributed by atoms with E-state index in [9.17, 15) is 0 Å². The summed E-state index contributed by atoms with van der Waals surface area (Å²) in [5.41, 5.74) is 4.98. The Kier molecular flexibility index (Phi) is 3.18. The summed E-state index contributed by atoms with van der Waals surface area (Å²) in [7, 11) is 0. The molecule has 1 heterocycles. The van der Waals surface area contributed by atoms with Crippen molar-refractivity contribution >= 4 is 11.3 Å². The third-order valence-electron chi connectivity index (χ3n) is 3.34. The molecule has 0 aliphatic heterocycles. The zero-order chi connectivity index (χ0) is 12.5. The van der Waals surface area contributed by atoms with E-state index in [4.69, 9.17) is 4.98 Å². The highest BCUT2D eigenvalue weighted by Gasteiger charge is 2.20. The molecule has 94 valence electrons. The van der Waals surface area contributed by atoms with E-state index < -0.39 is 0 Å². The van der Waals surface area contributed by atoms with Gasteiger partial charge in [0.2, 0.25) is 0 Å². The van der Waals surface area contributed by atoms with E-state index in [1.807, 2.05) is 0 Å². The highest BCUT2D eigenvalue weighted by atomic mass is 32.1. The third-order valence-corrected chi connectivity index (χ3v) is 4.19. The molecule has 3 heteroatoms. The molecule has 0 bridgehead atoms. The molecule has 3 rings (SSSR count). The molecule has 0 spiro atoms. The van der Waals surface area contributed by atoms with E-state index in [2.05, 4.69) is 42.7 Å². The predicted octanol–water partition coefficient (Wildman–Crippen LogP) is 3.68. The van der Waals surface area contributed by atoms with Gasteiger partial charge in [-0.2, -0.15) is 0 Å². The normalized spacial score (nSPS) is 15.0. The fourth-order valence-electron chi connectivity index (χ4n) is 2.05. The van der Waals surface area contributed by atoms with Crippen molar-refractivity contribution < 1.29 is 0 Å². The Balaban J connectivity index is 1.80. The second-order valence-electron chi connectivity index (χ2n) is 5.10. The van der Waals surface area contributed by atoms with Crippen LogP contribution in [-0.2, 0) is 6.54 Å². The summed E-state index contributed by atoms with van der Waals surface area (Å²) in [5.74, 6) is 0. The summed E-state index contributed by atoms with van der Waals surface area (Å²) < 4.78 is 0. The quantitative estimate of drug-likeness (QED) is 0.905. The Hall–Kier alpha value is -1.19. The topological polar surface area (TPSA) is 24.9 Å². The largest absolute Gasteiger partial charge is 0.308 e. The molecule has 0 radical (unpaired) electrons. The Labute approximate surface area is 112 Å². The standard InChI is InChI=1S/C15H18N2S/c1-10-3-4-11(2)13(7-10)14-9-18-15(17-14)8-16-12-5-6-12/h3-4,7,9,12,16H,5-6,8H2,1-2H3. The number of hydrogen-bond acceptors (Lipinski definition) is 3. The first-order valence-electron chi connectivity index (χ1n) is 6.48. The predicted molar refractivity (Wildman–Crippen MR) is 76.9 cm³/mol. The van der Waals surface area contributed by atoms with Crippen molar-refractivity contribution in [2.45, 2.75) is 39.3 Å². The lowest BCUT2D eigenvalue weighted by molar-refractivity contribution is 0.685. The lowest BCUT2D eigenvalue weighted by Gasteiger charge is -2.03. The molecule has 0 unspecified atom stereocenters. The number of hydrogen-bond donors (Lipinski definition) is 1. The van der Waals surface area contributed by atoms with Gasteiger partial charge >= 0.3 is 0 Å². The van der Waals surface area contributed by atoms with Crippen molar-refractivity contribution in [3.63, 3.8) is 0 Å². The van der Waals surface area contributed by atoms with Crippen molar-refractivity contribution in [1.82, 2.24) is 10.3 Å². The number of thiazole rings is 1. The molecule has 1 saturated carbocycles. The first-order chi connectivity index (χ1) is 8.72. The summed E-state index contributed by atoms with van der Waals surface area (Å²) in [6.45, 7) is 5.20. The zero-order valence-electron chi connectivity index (χ0n) is 10.9. The number of benzene rings is 1. The van der Waals surface area contributed by atoms with Gasteiger partial charge in [0.1, 0.15) is 5.01 Å². The summed E-state index contributed by atoms with van der Waals surface area (Å²) in [4.78, 5) is 4.74. The minimum atomic E-state index is 0.748. The summed E-state index contributed by atoms with van der Waals surface area (Å²) in [6.07, 6.45) is 2.66. The molecule has 2 aromatic rings. The average molecular weight is 258 g/mol. The van der Waals surface area contributed by atoms with E-state index >= 15 is 0 Å². The Morgan fingerprint density at radius 3 is 2.94 bits per heavy atom. The maximum absolute atomic E-state index is 4.74. The van der Waals surface area contributed by atoms with E-state index in [1.165, 1.54) is 34.5 Å². The second-order valence-corrected chi connectivity index (χ2v) is 6.04. The molecule has 2 nitrogen and oxygen atoms in total. The average Bonchev–Trinajstić information content (AvgIpc) is 3.08. The maximum atomic E-state index is 4.74. The maximum Gasteiger partial charge on any atom is 0.107 e. The van der Waals surface area contributed by atoms with E-state index in [0.717, 1.165) is 18.3 Å². The summed E-state index contributed by atoms with van der Waals surface area (Å²) in [6, 6.07) is 7.30. The van der Waals surface area contributed by atoms with Gasteiger partial charge in [-0.25, -0.2) is 4.98 Å². The molecule has 1 aliphatic rings. The molecule has 1 aliphatic carbocycles. The van der Waals surface area contributed by atoms with Crippen LogP contribution in [-0.4, -0.2) is 11.0 Å². The van der Waals surface area contributed by atoms with Crippen molar-refractivity contribution in [1.29, 1.82) is 0 Å². The van der Waals surface area contributed by atoms with Crippen LogP contribution in [0.15, 0.2) is 23.6 Å². The van der Waals surface area contributed by atoms with Gasteiger partial charge in [0.15, 0.2) is 0 Å². The van der Waals surface area contributed by atoms with Gasteiger partial charge in [-0.3, -0.25) is 0 Å². The fraction of sp³-hybridized carbons (Fsp3) is 0.400. The van der Waals surface area contributed by atoms with Gasteiger partial charge in [0.25, 0.3) is 0 Å². The highest BCUT2D eigenvalue weighted by Crippen LogP contribution is 2.26. The zero-order valence-corrected chi connectivity index (χ0v) is 11.7. The molecule has 1 N–H and O–H groups in total. The van der Waals surface area contributed by atoms with Gasteiger partial charge in [0.05, 0.1) is 5.69 Å². The first-order valence-corrected chi connectivity index (χ1v) is 7.36. The Morgan fingerprint density at radius 2 is 2.17 bits per heavy atom. The monoisotopic (exact) mass is 258 g/mol. The van der Waals surface area contributed by atoms with Gasteiger partial charge in [-0.05, 0) is 38.3 Å². The van der Waals surface area contributed by atoms with Crippen LogP contribution in [0.1, 0.15) is 29.0 Å². The van der Waals surface area contributed by atoms with Crippen LogP contribution in [0, 0.1) is 13.8 Å². The number of nitrogens with zero attached hydrogens (tertiary/aromatic N) is 1. The molecule has 0 saturated heterocycles. The molecule has 0 amide bonds. The van der Waals surface area contributed by atoms with Gasteiger partial charge in [-0.15, -0.1) is 11.3 Å². The molecular weight excluding hydrogens is 240 g/mol. The van der Waals surface area contributed by atoms with Crippen LogP contribution < -0.4 is 5.32 Å². The minimum absolute atomic E-state index is 0.748. The second kappa shape index (κ2) is 4.82. The molecule has 18 heavy (non-hydrogen) atoms. The van der Waals surface area contributed by atoms with Crippen LogP contribution in [0.4, 0.5) is 0 Å². The lowest BCUT2D eigenvalue weighted by Crippen LogP contribution is -2.14. The van der Waals surface area contributed by atoms with Crippen molar-refractivity contribution in [3.8, 4) is 11.3 Å². The smallest absolute Gasteiger partial charge is 0.107 e. The first kappa shape index (κ1) is 11.9. The lowest BCUT2D eigenvalue weighted by atomic mass is 10.0. The van der Waals surface area contributed by atoms with Gasteiger partial charge in [-0.1, -0.05) is 17.7 Å². The number of nitrogens with one attached hydrogen (secondary N) is 1. The molecule has 1 aromatic carbocycles. The fourth-order valence-corrected chi connectivity index (χ4v) is 2.79. The molecule has 1 aromatic heterocycles. The van der Waals surface area contributed by atoms with Crippen molar-refractivity contribution in [3.05, 3.63) is 39.7 Å². The minimum Gasteiger partial charge on any atom is -0.308 e. The SMILES string of the molecule is Cc1ccc(C)c(-c2csc(CNC3CC3)n2)c1. The number of aromatic nitrogens is 1. The molecule has 1 fully saturated rings. The van der Waals surface area contributed by atoms with Crippen LogP contribution in [0.2, 0.25) is 0 Å². The third kappa shape index (κ3) is 2.62. The van der Waals surface area contributed by atoms with Gasteiger partial charge < -0.3 is 5.32 Å². The highest BCUT2D eigenvalue weighted by molar-refractivity contribution is 7.09. The van der Waals surface area contributed by atoms with Crippen LogP contribution in [0.5, 0.6) is 0 Å². The number of rotatable bonds is 4. The van der Waals surface area contributed by atoms with Crippen LogP contribution in [0.3, 0.4) is 0 Å². The van der Waals surface area contributed by atoms with E-state index in [1.54, 1.807) is 11.3 Å². The van der Waals surface area contributed by atoms with E-state index in [0.29, 0.717) is 0 Å². The van der Waals surface area contributed by atoms with Crippen LogP contribution >= 0.6 is 11.3 Å². The van der Waals surface area contributed by atoms with E-state index in [-0.39, 0.29) is 0 Å². The van der Waals surface area contributed by atoms with Crippen molar-refractivity contribution in [2.75, 3.05) is 0 Å². The van der Waals surface area contributed by atoms with Crippen LogP contribution in [0.25, 0.3) is 11.3 Å². The Bertz CT molecular complexity index is 555.